The molecule has 1 aromatic rings. The van der Waals surface area contributed by atoms with Crippen molar-refractivity contribution < 1.29 is 4.79 Å². The van der Waals surface area contributed by atoms with Crippen LogP contribution in [0.1, 0.15) is 37.0 Å². The van der Waals surface area contributed by atoms with E-state index in [1.807, 2.05) is 6.20 Å². The summed E-state index contributed by atoms with van der Waals surface area (Å²) in [4.78, 5) is 21.9. The van der Waals surface area contributed by atoms with Crippen molar-refractivity contribution in [3.8, 4) is 0 Å². The van der Waals surface area contributed by atoms with Gasteiger partial charge in [-0.2, -0.15) is 0 Å². The Labute approximate surface area is 135 Å². The van der Waals surface area contributed by atoms with E-state index in [0.717, 1.165) is 51.9 Å². The van der Waals surface area contributed by atoms with Gasteiger partial charge in [0.2, 0.25) is 5.91 Å². The fourth-order valence-corrected chi connectivity index (χ4v) is 3.94. The van der Waals surface area contributed by atoms with Crippen LogP contribution >= 0.6 is 23.7 Å². The molecule has 0 aromatic carbocycles. The highest BCUT2D eigenvalue weighted by atomic mass is 35.5. The van der Waals surface area contributed by atoms with Gasteiger partial charge in [-0.3, -0.25) is 9.69 Å². The molecule has 5 nitrogen and oxygen atoms in total. The number of anilines is 1. The number of hydrogen-bond donors (Lipinski definition) is 1. The maximum atomic E-state index is 12.0. The third-order valence-corrected chi connectivity index (χ3v) is 5.12. The number of amides is 1. The summed E-state index contributed by atoms with van der Waals surface area (Å²) in [6, 6.07) is 0.464. The fraction of sp³-hybridized carbons (Fsp3) is 0.714. The number of carbonyl (C=O) groups excluding carboxylic acids is 1. The quantitative estimate of drug-likeness (QED) is 0.922. The van der Waals surface area contributed by atoms with Gasteiger partial charge in [-0.05, 0) is 25.7 Å². The van der Waals surface area contributed by atoms with E-state index in [1.165, 1.54) is 11.3 Å². The molecule has 0 unspecified atom stereocenters. The highest BCUT2D eigenvalue weighted by molar-refractivity contribution is 7.15. The van der Waals surface area contributed by atoms with Crippen LogP contribution in [0.2, 0.25) is 0 Å². The van der Waals surface area contributed by atoms with Crippen LogP contribution < -0.4 is 5.73 Å². The molecule has 0 radical (unpaired) electrons. The first-order valence-corrected chi connectivity index (χ1v) is 8.26. The Bertz CT molecular complexity index is 473. The van der Waals surface area contributed by atoms with E-state index >= 15 is 0 Å². The highest BCUT2D eigenvalue weighted by Gasteiger charge is 2.29. The second-order valence-electron chi connectivity index (χ2n) is 5.72. The number of aromatic nitrogens is 1. The van der Waals surface area contributed by atoms with Gasteiger partial charge in [0.05, 0.1) is 0 Å². The van der Waals surface area contributed by atoms with Gasteiger partial charge in [0.15, 0.2) is 5.13 Å². The minimum absolute atomic E-state index is 0. The number of nitrogens with two attached hydrogens (primary N) is 1. The topological polar surface area (TPSA) is 62.5 Å². The summed E-state index contributed by atoms with van der Waals surface area (Å²) in [5.74, 6) is 0.366. The molecule has 0 spiro atoms. The third kappa shape index (κ3) is 4.08. The zero-order chi connectivity index (χ0) is 13.9. The van der Waals surface area contributed by atoms with E-state index in [1.54, 1.807) is 11.3 Å². The molecule has 0 atom stereocenters. The van der Waals surface area contributed by atoms with Gasteiger partial charge >= 0.3 is 0 Å². The van der Waals surface area contributed by atoms with Crippen molar-refractivity contribution in [2.45, 2.75) is 44.7 Å². The Hall–Kier alpha value is -0.850. The van der Waals surface area contributed by atoms with Crippen LogP contribution in [0.5, 0.6) is 0 Å². The molecule has 7 heteroatoms. The smallest absolute Gasteiger partial charge is 0.222 e. The first kappa shape index (κ1) is 16.5. The zero-order valence-corrected chi connectivity index (χ0v) is 13.8. The summed E-state index contributed by atoms with van der Waals surface area (Å²) in [5, 5.41) is 0.647. The molecular formula is C14H23ClN4OS. The molecule has 0 bridgehead atoms. The predicted molar refractivity (Wildman–Crippen MR) is 87.6 cm³/mol. The molecule has 0 aliphatic carbocycles. The lowest BCUT2D eigenvalue weighted by atomic mass is 9.99. The molecule has 2 aliphatic rings. The number of nitrogens with zero attached hydrogens (tertiary/aromatic N) is 3. The van der Waals surface area contributed by atoms with Crippen molar-refractivity contribution >= 4 is 34.8 Å². The summed E-state index contributed by atoms with van der Waals surface area (Å²) in [7, 11) is 0. The average Bonchev–Trinajstić information content (AvgIpc) is 2.86. The van der Waals surface area contributed by atoms with Crippen LogP contribution in [-0.2, 0) is 11.3 Å². The van der Waals surface area contributed by atoms with Gasteiger partial charge in [-0.1, -0.05) is 0 Å². The summed E-state index contributed by atoms with van der Waals surface area (Å²) >= 11 is 1.57. The molecule has 2 N–H and O–H groups in total. The lowest BCUT2D eigenvalue weighted by molar-refractivity contribution is -0.136. The van der Waals surface area contributed by atoms with E-state index in [9.17, 15) is 4.79 Å². The molecular weight excluding hydrogens is 308 g/mol. The van der Waals surface area contributed by atoms with E-state index in [4.69, 9.17) is 5.73 Å². The first-order chi connectivity index (χ1) is 9.72. The summed E-state index contributed by atoms with van der Waals surface area (Å²) in [6.07, 6.45) is 7.06. The van der Waals surface area contributed by atoms with Gasteiger partial charge in [-0.25, -0.2) is 4.98 Å². The number of piperidine rings is 2. The van der Waals surface area contributed by atoms with Crippen molar-refractivity contribution in [3.63, 3.8) is 0 Å². The molecule has 0 saturated carbocycles. The Morgan fingerprint density at radius 2 is 2.05 bits per heavy atom. The highest BCUT2D eigenvalue weighted by Crippen LogP contribution is 2.24. The van der Waals surface area contributed by atoms with Crippen LogP contribution in [0.4, 0.5) is 5.13 Å². The third-order valence-electron chi connectivity index (χ3n) is 4.31. The second-order valence-corrected chi connectivity index (χ2v) is 6.86. The van der Waals surface area contributed by atoms with Crippen molar-refractivity contribution in [3.05, 3.63) is 11.1 Å². The van der Waals surface area contributed by atoms with E-state index in [-0.39, 0.29) is 12.4 Å². The van der Waals surface area contributed by atoms with E-state index in [2.05, 4.69) is 14.8 Å². The number of carbonyl (C=O) groups is 1. The number of nitrogen functional groups attached to an aromatic ring is 1. The average molecular weight is 331 g/mol. The van der Waals surface area contributed by atoms with Crippen molar-refractivity contribution in [2.75, 3.05) is 25.4 Å². The van der Waals surface area contributed by atoms with Crippen molar-refractivity contribution in [1.29, 1.82) is 0 Å². The summed E-state index contributed by atoms with van der Waals surface area (Å²) in [5.41, 5.74) is 5.66. The first-order valence-electron chi connectivity index (χ1n) is 7.44. The molecule has 3 heterocycles. The number of hydrogen-bond acceptors (Lipinski definition) is 5. The maximum absolute atomic E-state index is 12.0. The van der Waals surface area contributed by atoms with E-state index in [0.29, 0.717) is 17.1 Å². The lowest BCUT2D eigenvalue weighted by Crippen LogP contribution is -2.48. The van der Waals surface area contributed by atoms with Gasteiger partial charge in [0, 0.05) is 49.7 Å². The Morgan fingerprint density at radius 1 is 1.29 bits per heavy atom. The number of rotatable bonds is 3. The van der Waals surface area contributed by atoms with Crippen LogP contribution in [0.25, 0.3) is 0 Å². The molecule has 21 heavy (non-hydrogen) atoms. The van der Waals surface area contributed by atoms with Gasteiger partial charge < -0.3 is 10.6 Å². The summed E-state index contributed by atoms with van der Waals surface area (Å²) < 4.78 is 0. The normalized spacial score (nSPS) is 21.3. The number of likely N-dealkylation sites (tertiary alicyclic amines) is 2. The minimum Gasteiger partial charge on any atom is -0.375 e. The van der Waals surface area contributed by atoms with Gasteiger partial charge in [0.1, 0.15) is 0 Å². The molecule has 3 rings (SSSR count). The van der Waals surface area contributed by atoms with Gasteiger partial charge in [0.25, 0.3) is 0 Å². The number of halogens is 1. The van der Waals surface area contributed by atoms with Crippen LogP contribution in [0.3, 0.4) is 0 Å². The molecule has 2 aliphatic heterocycles. The maximum Gasteiger partial charge on any atom is 0.222 e. The molecule has 1 amide bonds. The predicted octanol–water partition coefficient (Wildman–Crippen LogP) is 2.12. The fourth-order valence-electron chi connectivity index (χ4n) is 3.22. The second kappa shape index (κ2) is 7.42. The van der Waals surface area contributed by atoms with E-state index < -0.39 is 0 Å². The largest absolute Gasteiger partial charge is 0.375 e. The van der Waals surface area contributed by atoms with Crippen molar-refractivity contribution in [1.82, 2.24) is 14.8 Å². The molecule has 118 valence electrons. The number of thiazole rings is 1. The van der Waals surface area contributed by atoms with Gasteiger partial charge in [-0.15, -0.1) is 23.7 Å². The zero-order valence-electron chi connectivity index (χ0n) is 12.2. The molecule has 1 aromatic heterocycles. The van der Waals surface area contributed by atoms with Crippen LogP contribution in [0, 0.1) is 0 Å². The molecule has 2 saturated heterocycles. The SMILES string of the molecule is Cl.Nc1ncc(CN2CCC(N3CCCCC3=O)CC2)s1. The Balaban J connectivity index is 0.00000161. The standard InChI is InChI=1S/C14H22N4OS.ClH/c15-14-16-9-12(20-14)10-17-7-4-11(5-8-17)18-6-2-1-3-13(18)19;/h9,11H,1-8,10H2,(H2,15,16);1H. The van der Waals surface area contributed by atoms with Crippen LogP contribution in [-0.4, -0.2) is 46.4 Å². The lowest BCUT2D eigenvalue weighted by Gasteiger charge is -2.40. The Morgan fingerprint density at radius 3 is 2.67 bits per heavy atom. The van der Waals surface area contributed by atoms with Crippen LogP contribution in [0.15, 0.2) is 6.20 Å². The summed E-state index contributed by atoms with van der Waals surface area (Å²) in [6.45, 7) is 4.03. The molecule has 2 fully saturated rings. The minimum atomic E-state index is 0. The van der Waals surface area contributed by atoms with Crippen molar-refractivity contribution in [2.24, 2.45) is 0 Å². The monoisotopic (exact) mass is 330 g/mol. The Kier molecular flexibility index (Phi) is 5.84.